The number of rotatable bonds is 3. The van der Waals surface area contributed by atoms with E-state index in [-0.39, 0.29) is 11.3 Å². The van der Waals surface area contributed by atoms with Gasteiger partial charge < -0.3 is 4.57 Å². The molecule has 0 radical (unpaired) electrons. The molecule has 1 aromatic heterocycles. The number of ketones is 1. The Bertz CT molecular complexity index is 591. The third-order valence-electron chi connectivity index (χ3n) is 4.28. The van der Waals surface area contributed by atoms with Crippen molar-refractivity contribution in [3.8, 4) is 0 Å². The molecular weight excluding hydrogens is 298 g/mol. The fourth-order valence-electron chi connectivity index (χ4n) is 2.91. The number of allylic oxidation sites excluding steroid dienone is 2. The summed E-state index contributed by atoms with van der Waals surface area (Å²) >= 11 is 0. The van der Waals surface area contributed by atoms with Crippen LogP contribution >= 0.6 is 0 Å². The highest BCUT2D eigenvalue weighted by Gasteiger charge is 2.15. The van der Waals surface area contributed by atoms with Gasteiger partial charge in [-0.15, -0.1) is 0 Å². The number of carbonyl (C=O) groups excluding carboxylic acids is 1. The third-order valence-corrected chi connectivity index (χ3v) is 4.28. The van der Waals surface area contributed by atoms with Crippen molar-refractivity contribution >= 4 is 5.78 Å². The Balaban J connectivity index is 0.00000123. The lowest BCUT2D eigenvalue weighted by Crippen LogP contribution is -2.26. The fraction of sp³-hybridized carbons (Fsp3) is 0.619. The van der Waals surface area contributed by atoms with Gasteiger partial charge in [-0.25, -0.2) is 0 Å². The van der Waals surface area contributed by atoms with Crippen molar-refractivity contribution < 1.29 is 4.79 Å². The van der Waals surface area contributed by atoms with Crippen molar-refractivity contribution in [1.29, 1.82) is 0 Å². The van der Waals surface area contributed by atoms with Crippen LogP contribution in [0.1, 0.15) is 81.4 Å². The van der Waals surface area contributed by atoms with Gasteiger partial charge in [-0.3, -0.25) is 9.59 Å². The predicted octanol–water partition coefficient (Wildman–Crippen LogP) is 5.37. The van der Waals surface area contributed by atoms with E-state index >= 15 is 0 Å². The summed E-state index contributed by atoms with van der Waals surface area (Å²) in [7, 11) is 1.71. The summed E-state index contributed by atoms with van der Waals surface area (Å²) in [6.45, 7) is 11.7. The molecule has 0 atom stereocenters. The molecule has 0 N–H and O–H groups in total. The summed E-state index contributed by atoms with van der Waals surface area (Å²) in [4.78, 5) is 24.5. The van der Waals surface area contributed by atoms with E-state index in [4.69, 9.17) is 0 Å². The standard InChI is InChI=1S/C17H23NO2.2C2H6/c1-12-11-13(2)18(3)17(20)16(12)15(19)10-9-14-7-5-4-6-8-14;2*1-2/h9-11,14H,4-8H2,1-3H3;2*1-2H3/b10-9+;;. The Morgan fingerprint density at radius 1 is 1.08 bits per heavy atom. The lowest BCUT2D eigenvalue weighted by molar-refractivity contribution is 0.104. The van der Waals surface area contributed by atoms with E-state index in [2.05, 4.69) is 0 Å². The minimum absolute atomic E-state index is 0.159. The van der Waals surface area contributed by atoms with Crippen LogP contribution in [0.4, 0.5) is 0 Å². The summed E-state index contributed by atoms with van der Waals surface area (Å²) in [6.07, 6.45) is 9.72. The number of carbonyl (C=O) groups is 1. The van der Waals surface area contributed by atoms with Crippen LogP contribution in [-0.2, 0) is 7.05 Å². The molecule has 0 saturated heterocycles. The molecule has 0 bridgehead atoms. The van der Waals surface area contributed by atoms with Crippen molar-refractivity contribution in [2.24, 2.45) is 13.0 Å². The number of aryl methyl sites for hydroxylation is 2. The van der Waals surface area contributed by atoms with Gasteiger partial charge in [0.25, 0.3) is 5.56 Å². The fourth-order valence-corrected chi connectivity index (χ4v) is 2.91. The number of aromatic nitrogens is 1. The van der Waals surface area contributed by atoms with Crippen LogP contribution in [0.2, 0.25) is 0 Å². The number of nitrogens with zero attached hydrogens (tertiary/aromatic N) is 1. The number of hydrogen-bond donors (Lipinski definition) is 0. The van der Waals surface area contributed by atoms with Crippen LogP contribution in [0.5, 0.6) is 0 Å². The Morgan fingerprint density at radius 3 is 2.17 bits per heavy atom. The Hall–Kier alpha value is -1.64. The Morgan fingerprint density at radius 2 is 1.62 bits per heavy atom. The zero-order valence-electron chi connectivity index (χ0n) is 16.6. The summed E-state index contributed by atoms with van der Waals surface area (Å²) < 4.78 is 1.54. The first-order valence-electron chi connectivity index (χ1n) is 9.40. The van der Waals surface area contributed by atoms with Crippen molar-refractivity contribution in [1.82, 2.24) is 4.57 Å². The zero-order chi connectivity index (χ0) is 18.7. The van der Waals surface area contributed by atoms with E-state index in [9.17, 15) is 9.59 Å². The highest BCUT2D eigenvalue weighted by molar-refractivity contribution is 6.05. The van der Waals surface area contributed by atoms with E-state index in [0.29, 0.717) is 11.5 Å². The molecule has 1 heterocycles. The third kappa shape index (κ3) is 6.10. The second-order valence-electron chi connectivity index (χ2n) is 5.83. The Labute approximate surface area is 147 Å². The molecule has 24 heavy (non-hydrogen) atoms. The average molecular weight is 334 g/mol. The molecule has 1 aromatic rings. The summed E-state index contributed by atoms with van der Waals surface area (Å²) in [5.41, 5.74) is 1.76. The first-order valence-corrected chi connectivity index (χ1v) is 9.40. The van der Waals surface area contributed by atoms with Crippen LogP contribution < -0.4 is 5.56 Å². The normalized spacial score (nSPS) is 14.5. The smallest absolute Gasteiger partial charge is 0.261 e. The predicted molar refractivity (Wildman–Crippen MR) is 104 cm³/mol. The van der Waals surface area contributed by atoms with E-state index in [0.717, 1.165) is 24.1 Å². The van der Waals surface area contributed by atoms with Crippen LogP contribution in [0.25, 0.3) is 0 Å². The quantitative estimate of drug-likeness (QED) is 0.550. The van der Waals surface area contributed by atoms with Gasteiger partial charge in [0.2, 0.25) is 0 Å². The van der Waals surface area contributed by atoms with E-state index in [1.807, 2.05) is 53.7 Å². The molecule has 3 nitrogen and oxygen atoms in total. The van der Waals surface area contributed by atoms with Crippen molar-refractivity contribution in [3.63, 3.8) is 0 Å². The van der Waals surface area contributed by atoms with Gasteiger partial charge in [0.05, 0.1) is 5.56 Å². The average Bonchev–Trinajstić information content (AvgIpc) is 2.62. The molecule has 1 fully saturated rings. The molecule has 3 heteroatoms. The van der Waals surface area contributed by atoms with Crippen molar-refractivity contribution in [2.45, 2.75) is 73.6 Å². The minimum Gasteiger partial charge on any atom is -0.315 e. The molecule has 0 amide bonds. The molecule has 1 aliphatic rings. The lowest BCUT2D eigenvalue weighted by atomic mass is 9.88. The zero-order valence-corrected chi connectivity index (χ0v) is 16.6. The monoisotopic (exact) mass is 333 g/mol. The Kier molecular flexibility index (Phi) is 11.0. The summed E-state index contributed by atoms with van der Waals surface area (Å²) in [6, 6.07) is 1.89. The molecule has 2 rings (SSSR count). The largest absolute Gasteiger partial charge is 0.315 e. The van der Waals surface area contributed by atoms with Gasteiger partial charge in [0.15, 0.2) is 5.78 Å². The number of pyridine rings is 1. The van der Waals surface area contributed by atoms with Crippen LogP contribution in [-0.4, -0.2) is 10.4 Å². The van der Waals surface area contributed by atoms with Crippen molar-refractivity contribution in [2.75, 3.05) is 0 Å². The minimum atomic E-state index is -0.194. The maximum atomic E-state index is 12.3. The molecule has 0 aromatic carbocycles. The molecule has 0 spiro atoms. The maximum absolute atomic E-state index is 12.3. The van der Waals surface area contributed by atoms with Crippen LogP contribution in [0, 0.1) is 19.8 Å². The molecule has 136 valence electrons. The molecule has 1 aliphatic carbocycles. The highest BCUT2D eigenvalue weighted by atomic mass is 16.1. The van der Waals surface area contributed by atoms with Gasteiger partial charge in [0, 0.05) is 12.7 Å². The highest BCUT2D eigenvalue weighted by Crippen LogP contribution is 2.24. The molecule has 1 saturated carbocycles. The summed E-state index contributed by atoms with van der Waals surface area (Å²) in [5.74, 6) is 0.343. The SMILES string of the molecule is CC.CC.Cc1cc(C)n(C)c(=O)c1C(=O)/C=C/C1CCCCC1. The molecule has 0 unspecified atom stereocenters. The van der Waals surface area contributed by atoms with E-state index in [1.165, 1.54) is 23.8 Å². The van der Waals surface area contributed by atoms with Gasteiger partial charge in [-0.05, 0) is 50.3 Å². The van der Waals surface area contributed by atoms with Crippen LogP contribution in [0.3, 0.4) is 0 Å². The first-order chi connectivity index (χ1) is 11.5. The van der Waals surface area contributed by atoms with Gasteiger partial charge in [-0.2, -0.15) is 0 Å². The van der Waals surface area contributed by atoms with Gasteiger partial charge >= 0.3 is 0 Å². The molecular formula is C21H35NO2. The van der Waals surface area contributed by atoms with E-state index < -0.39 is 0 Å². The van der Waals surface area contributed by atoms with E-state index in [1.54, 1.807) is 13.1 Å². The lowest BCUT2D eigenvalue weighted by Gasteiger charge is -2.17. The second kappa shape index (κ2) is 11.8. The maximum Gasteiger partial charge on any atom is 0.261 e. The van der Waals surface area contributed by atoms with Crippen LogP contribution in [0.15, 0.2) is 23.0 Å². The van der Waals surface area contributed by atoms with Crippen molar-refractivity contribution in [3.05, 3.63) is 45.4 Å². The summed E-state index contributed by atoms with van der Waals surface area (Å²) in [5, 5.41) is 0. The second-order valence-corrected chi connectivity index (χ2v) is 5.83. The van der Waals surface area contributed by atoms with Gasteiger partial charge in [-0.1, -0.05) is 53.0 Å². The number of hydrogen-bond acceptors (Lipinski definition) is 2. The topological polar surface area (TPSA) is 39.1 Å². The first kappa shape index (κ1) is 22.4. The van der Waals surface area contributed by atoms with Gasteiger partial charge in [0.1, 0.15) is 0 Å². The molecule has 0 aliphatic heterocycles.